The van der Waals surface area contributed by atoms with Gasteiger partial charge in [-0.15, -0.1) is 0 Å². The number of fused-ring (bicyclic) bond motifs is 1. The van der Waals surface area contributed by atoms with Crippen LogP contribution in [0.25, 0.3) is 0 Å². The van der Waals surface area contributed by atoms with Crippen LogP contribution in [-0.4, -0.2) is 21.4 Å². The van der Waals surface area contributed by atoms with Crippen LogP contribution < -0.4 is 5.32 Å². The summed E-state index contributed by atoms with van der Waals surface area (Å²) >= 11 is -0.274. The van der Waals surface area contributed by atoms with E-state index in [2.05, 4.69) is 5.32 Å². The second-order valence-corrected chi connectivity index (χ2v) is 5.80. The second kappa shape index (κ2) is 4.34. The Labute approximate surface area is 101 Å². The van der Waals surface area contributed by atoms with Gasteiger partial charge in [-0.1, -0.05) is 0 Å². The summed E-state index contributed by atoms with van der Waals surface area (Å²) < 4.78 is 47.9. The van der Waals surface area contributed by atoms with Crippen molar-refractivity contribution in [1.82, 2.24) is 0 Å². The summed E-state index contributed by atoms with van der Waals surface area (Å²) in [5, 5.41) is 2.40. The Morgan fingerprint density at radius 2 is 2.06 bits per heavy atom. The van der Waals surface area contributed by atoms with E-state index in [-0.39, 0.29) is 28.1 Å². The Balaban J connectivity index is 2.34. The van der Waals surface area contributed by atoms with Gasteiger partial charge in [-0.2, -0.15) is 13.2 Å². The Hall–Kier alpha value is -1.02. The quantitative estimate of drug-likeness (QED) is 0.804. The SMILES string of the molecule is O=C1CS(=O)c2ccc(SC(F)(F)F)cc2N1. The van der Waals surface area contributed by atoms with Gasteiger partial charge in [0, 0.05) is 4.90 Å². The highest BCUT2D eigenvalue weighted by atomic mass is 32.2. The van der Waals surface area contributed by atoms with Gasteiger partial charge in [-0.25, -0.2) is 0 Å². The van der Waals surface area contributed by atoms with Crippen molar-refractivity contribution in [3.05, 3.63) is 18.2 Å². The lowest BCUT2D eigenvalue weighted by atomic mass is 10.3. The maximum Gasteiger partial charge on any atom is 0.446 e. The highest BCUT2D eigenvalue weighted by Gasteiger charge is 2.30. The topological polar surface area (TPSA) is 46.2 Å². The molecule has 0 fully saturated rings. The number of anilines is 1. The molecule has 1 aliphatic heterocycles. The number of carbonyl (C=O) groups excluding carboxylic acids is 1. The van der Waals surface area contributed by atoms with Crippen LogP contribution in [0.2, 0.25) is 0 Å². The van der Waals surface area contributed by atoms with Crippen molar-refractivity contribution in [2.75, 3.05) is 11.1 Å². The fourth-order valence-corrected chi connectivity index (χ4v) is 3.01. The minimum absolute atomic E-state index is 0.0459. The molecule has 3 nitrogen and oxygen atoms in total. The summed E-state index contributed by atoms with van der Waals surface area (Å²) in [7, 11) is -1.48. The molecular weight excluding hydrogens is 275 g/mol. The number of alkyl halides is 3. The number of hydrogen-bond acceptors (Lipinski definition) is 3. The first kappa shape index (κ1) is 12.4. The molecule has 8 heteroatoms. The largest absolute Gasteiger partial charge is 0.446 e. The third-order valence-electron chi connectivity index (χ3n) is 1.97. The molecule has 0 bridgehead atoms. The van der Waals surface area contributed by atoms with E-state index >= 15 is 0 Å². The van der Waals surface area contributed by atoms with Gasteiger partial charge < -0.3 is 5.32 Å². The van der Waals surface area contributed by atoms with Crippen LogP contribution in [0.15, 0.2) is 28.0 Å². The van der Waals surface area contributed by atoms with E-state index in [0.29, 0.717) is 4.90 Å². The number of thioether (sulfide) groups is 1. The molecule has 0 radical (unpaired) electrons. The molecule has 1 aliphatic rings. The van der Waals surface area contributed by atoms with E-state index in [1.807, 2.05) is 0 Å². The summed E-state index contributed by atoms with van der Waals surface area (Å²) in [4.78, 5) is 11.4. The van der Waals surface area contributed by atoms with E-state index in [9.17, 15) is 22.2 Å². The molecule has 0 saturated heterocycles. The monoisotopic (exact) mass is 281 g/mol. The maximum atomic E-state index is 12.1. The average molecular weight is 281 g/mol. The predicted molar refractivity (Wildman–Crippen MR) is 58.3 cm³/mol. The summed E-state index contributed by atoms with van der Waals surface area (Å²) in [6, 6.07) is 3.77. The number of carbonyl (C=O) groups is 1. The second-order valence-electron chi connectivity index (χ2n) is 3.24. The van der Waals surface area contributed by atoms with E-state index in [0.717, 1.165) is 0 Å². The van der Waals surface area contributed by atoms with Gasteiger partial charge in [0.2, 0.25) is 5.91 Å². The Morgan fingerprint density at radius 3 is 2.71 bits per heavy atom. The number of amides is 1. The van der Waals surface area contributed by atoms with E-state index in [1.165, 1.54) is 18.2 Å². The molecule has 0 saturated carbocycles. The summed E-state index contributed by atoms with van der Waals surface area (Å²) in [5.41, 5.74) is -4.19. The summed E-state index contributed by atoms with van der Waals surface area (Å²) in [6.07, 6.45) is 0. The molecule has 0 aliphatic carbocycles. The predicted octanol–water partition coefficient (Wildman–Crippen LogP) is 2.36. The minimum atomic E-state index is -4.38. The van der Waals surface area contributed by atoms with Crippen molar-refractivity contribution in [3.8, 4) is 0 Å². The first-order valence-corrected chi connectivity index (χ1v) is 6.57. The van der Waals surface area contributed by atoms with Crippen molar-refractivity contribution in [1.29, 1.82) is 0 Å². The molecule has 1 aromatic rings. The van der Waals surface area contributed by atoms with Crippen LogP contribution in [0.1, 0.15) is 0 Å². The standard InChI is InChI=1S/C9H6F3NO2S2/c10-9(11,12)16-5-1-2-7-6(3-5)13-8(14)4-17(7)15/h1-3H,4H2,(H,13,14). The molecule has 1 unspecified atom stereocenters. The third-order valence-corrected chi connectivity index (χ3v) is 4.06. The Kier molecular flexibility index (Phi) is 3.17. The molecule has 1 aromatic carbocycles. The third kappa shape index (κ3) is 3.01. The van der Waals surface area contributed by atoms with Gasteiger partial charge in [0.25, 0.3) is 0 Å². The van der Waals surface area contributed by atoms with Gasteiger partial charge in [0.05, 0.1) is 21.4 Å². The minimum Gasteiger partial charge on any atom is -0.324 e. The van der Waals surface area contributed by atoms with E-state index in [4.69, 9.17) is 0 Å². The molecule has 1 heterocycles. The van der Waals surface area contributed by atoms with Crippen molar-refractivity contribution in [2.45, 2.75) is 15.3 Å². The number of rotatable bonds is 1. The van der Waals surface area contributed by atoms with Gasteiger partial charge >= 0.3 is 5.51 Å². The number of hydrogen-bond donors (Lipinski definition) is 1. The molecular formula is C9H6F3NO2S2. The first-order chi connectivity index (χ1) is 7.85. The van der Waals surface area contributed by atoms with E-state index in [1.54, 1.807) is 0 Å². The zero-order chi connectivity index (χ0) is 12.6. The fraction of sp³-hybridized carbons (Fsp3) is 0.222. The lowest BCUT2D eigenvalue weighted by Gasteiger charge is -2.17. The number of benzene rings is 1. The molecule has 92 valence electrons. The van der Waals surface area contributed by atoms with Crippen molar-refractivity contribution >= 4 is 34.2 Å². The zero-order valence-corrected chi connectivity index (χ0v) is 9.84. The van der Waals surface area contributed by atoms with Crippen LogP contribution >= 0.6 is 11.8 Å². The molecule has 1 atom stereocenters. The number of halogens is 3. The smallest absolute Gasteiger partial charge is 0.324 e. The zero-order valence-electron chi connectivity index (χ0n) is 8.21. The van der Waals surface area contributed by atoms with Crippen molar-refractivity contribution in [3.63, 3.8) is 0 Å². The molecule has 2 rings (SSSR count). The highest BCUT2D eigenvalue weighted by Crippen LogP contribution is 2.39. The number of nitrogens with one attached hydrogen (secondary N) is 1. The van der Waals surface area contributed by atoms with Crippen LogP contribution in [0.3, 0.4) is 0 Å². The van der Waals surface area contributed by atoms with Crippen molar-refractivity contribution in [2.24, 2.45) is 0 Å². The van der Waals surface area contributed by atoms with Crippen LogP contribution in [0.4, 0.5) is 18.9 Å². The lowest BCUT2D eigenvalue weighted by molar-refractivity contribution is -0.114. The summed E-state index contributed by atoms with van der Waals surface area (Å²) in [5.74, 6) is -0.608. The van der Waals surface area contributed by atoms with Gasteiger partial charge in [-0.3, -0.25) is 9.00 Å². The average Bonchev–Trinajstić information content (AvgIpc) is 2.13. The maximum absolute atomic E-state index is 12.1. The van der Waals surface area contributed by atoms with Crippen LogP contribution in [0, 0.1) is 0 Å². The van der Waals surface area contributed by atoms with Crippen LogP contribution in [0.5, 0.6) is 0 Å². The molecule has 1 N–H and O–H groups in total. The van der Waals surface area contributed by atoms with E-state index < -0.39 is 22.2 Å². The van der Waals surface area contributed by atoms with Gasteiger partial charge in [-0.05, 0) is 30.0 Å². The summed E-state index contributed by atoms with van der Waals surface area (Å²) in [6.45, 7) is 0. The fourth-order valence-electron chi connectivity index (χ4n) is 1.39. The first-order valence-electron chi connectivity index (χ1n) is 4.43. The van der Waals surface area contributed by atoms with Gasteiger partial charge in [0.1, 0.15) is 5.75 Å². The normalized spacial score (nSPS) is 19.7. The highest BCUT2D eigenvalue weighted by molar-refractivity contribution is 8.00. The lowest BCUT2D eigenvalue weighted by Crippen LogP contribution is -2.25. The molecule has 1 amide bonds. The molecule has 17 heavy (non-hydrogen) atoms. The van der Waals surface area contributed by atoms with Gasteiger partial charge in [0.15, 0.2) is 0 Å². The molecule has 0 aromatic heterocycles. The van der Waals surface area contributed by atoms with Crippen molar-refractivity contribution < 1.29 is 22.2 Å². The van der Waals surface area contributed by atoms with Crippen LogP contribution in [-0.2, 0) is 15.6 Å². The molecule has 0 spiro atoms. The Morgan fingerprint density at radius 1 is 1.35 bits per heavy atom. The Bertz CT molecular complexity index is 502.